The first-order valence-corrected chi connectivity index (χ1v) is 7.57. The number of allylic oxidation sites excluding steroid dienone is 2. The fourth-order valence-corrected chi connectivity index (χ4v) is 2.31. The van der Waals surface area contributed by atoms with Crippen LogP contribution in [0.15, 0.2) is 54.4 Å². The van der Waals surface area contributed by atoms with E-state index < -0.39 is 17.5 Å². The minimum atomic E-state index is -0.815. The molecule has 0 saturated heterocycles. The summed E-state index contributed by atoms with van der Waals surface area (Å²) in [5.74, 6) is -2.00. The Morgan fingerprint density at radius 3 is 2.37 bits per heavy atom. The van der Waals surface area contributed by atoms with E-state index >= 15 is 0 Å². The van der Waals surface area contributed by atoms with Gasteiger partial charge in [-0.3, -0.25) is 4.79 Å². The average molecular weight is 551 g/mol. The van der Waals surface area contributed by atoms with Crippen LogP contribution >= 0.6 is 0 Å². The normalized spacial score (nSPS) is 10.6. The van der Waals surface area contributed by atoms with Crippen LogP contribution in [0.25, 0.3) is 22.0 Å². The molecule has 0 aliphatic rings. The Labute approximate surface area is 167 Å². The van der Waals surface area contributed by atoms with Crippen LogP contribution in [0.4, 0.5) is 13.2 Å². The summed E-state index contributed by atoms with van der Waals surface area (Å²) in [7, 11) is 0. The molecule has 2 aromatic carbocycles. The summed E-state index contributed by atoms with van der Waals surface area (Å²) in [5, 5.41) is 9.21. The Bertz CT molecular complexity index is 966. The molecule has 143 valence electrons. The number of aliphatic hydroxyl groups is 1. The monoisotopic (exact) mass is 551 g/mol. The van der Waals surface area contributed by atoms with E-state index in [4.69, 9.17) is 5.11 Å². The van der Waals surface area contributed by atoms with E-state index in [1.807, 2.05) is 0 Å². The molecule has 3 rings (SSSR count). The maximum atomic E-state index is 13.7. The van der Waals surface area contributed by atoms with Crippen LogP contribution in [0.1, 0.15) is 13.8 Å². The topological polar surface area (TPSA) is 50.2 Å². The van der Waals surface area contributed by atoms with Crippen molar-refractivity contribution >= 4 is 16.6 Å². The molecule has 0 aliphatic heterocycles. The van der Waals surface area contributed by atoms with Crippen molar-refractivity contribution in [3.8, 4) is 11.3 Å². The molecule has 27 heavy (non-hydrogen) atoms. The van der Waals surface area contributed by atoms with Crippen LogP contribution in [-0.2, 0) is 24.9 Å². The number of ketones is 1. The molecule has 3 aromatic rings. The molecule has 0 saturated carbocycles. The second-order valence-electron chi connectivity index (χ2n) is 5.45. The molecule has 0 spiro atoms. The average Bonchev–Trinajstić information content (AvgIpc) is 2.53. The van der Waals surface area contributed by atoms with E-state index in [9.17, 15) is 18.0 Å². The van der Waals surface area contributed by atoms with Gasteiger partial charge in [-0.05, 0) is 37.1 Å². The number of nitrogens with zero attached hydrogens (tertiary/aromatic N) is 1. The van der Waals surface area contributed by atoms with Crippen molar-refractivity contribution < 1.29 is 43.2 Å². The van der Waals surface area contributed by atoms with Crippen LogP contribution in [-0.4, -0.2) is 15.9 Å². The molecule has 0 fully saturated rings. The van der Waals surface area contributed by atoms with E-state index in [0.717, 1.165) is 12.1 Å². The SMILES string of the molecule is CC(=O)/C=C(/C)O.Fc1[c-]c(-c2nccc3c(F)cccc23)cc(F)c1.[Ir]. The van der Waals surface area contributed by atoms with Crippen molar-refractivity contribution in [2.24, 2.45) is 0 Å². The van der Waals surface area contributed by atoms with Crippen molar-refractivity contribution in [1.82, 2.24) is 4.98 Å². The van der Waals surface area contributed by atoms with Crippen molar-refractivity contribution in [1.29, 1.82) is 0 Å². The first-order chi connectivity index (χ1) is 12.3. The number of halogens is 3. The van der Waals surface area contributed by atoms with Crippen LogP contribution in [0.3, 0.4) is 0 Å². The Morgan fingerprint density at radius 1 is 1.11 bits per heavy atom. The number of rotatable bonds is 2. The van der Waals surface area contributed by atoms with Crippen LogP contribution in [0, 0.1) is 23.5 Å². The van der Waals surface area contributed by atoms with E-state index in [-0.39, 0.29) is 37.2 Å². The third kappa shape index (κ3) is 6.31. The van der Waals surface area contributed by atoms with Gasteiger partial charge in [0, 0.05) is 49.4 Å². The molecule has 1 aromatic heterocycles. The molecule has 7 heteroatoms. The Morgan fingerprint density at radius 2 is 1.81 bits per heavy atom. The number of pyridine rings is 1. The Kier molecular flexibility index (Phi) is 8.34. The number of carbonyl (C=O) groups excluding carboxylic acids is 1. The fourth-order valence-electron chi connectivity index (χ4n) is 2.31. The van der Waals surface area contributed by atoms with Crippen molar-refractivity contribution in [3.05, 3.63) is 77.9 Å². The van der Waals surface area contributed by atoms with E-state index in [1.54, 1.807) is 6.07 Å². The van der Waals surface area contributed by atoms with E-state index in [1.165, 1.54) is 44.3 Å². The third-order valence-electron chi connectivity index (χ3n) is 3.22. The fraction of sp³-hybridized carbons (Fsp3) is 0.100. The van der Waals surface area contributed by atoms with Gasteiger partial charge in [0.1, 0.15) is 5.82 Å². The standard InChI is InChI=1S/C15H7F3N.C5H8O2.Ir/c16-10-6-9(7-11(17)8-10)15-13-2-1-3-14(18)12(13)4-5-19-15;1-4(6)3-5(2)7;/h1-6,8H;3,6H,1-2H3;/q-1;;/b;4-3-;. The van der Waals surface area contributed by atoms with Gasteiger partial charge in [0.2, 0.25) is 0 Å². The number of hydrogen-bond acceptors (Lipinski definition) is 3. The zero-order valence-corrected chi connectivity index (χ0v) is 16.8. The second kappa shape index (κ2) is 9.99. The third-order valence-corrected chi connectivity index (χ3v) is 3.22. The molecule has 0 atom stereocenters. The molecule has 0 bridgehead atoms. The number of benzene rings is 2. The van der Waals surface area contributed by atoms with Gasteiger partial charge in [0.15, 0.2) is 5.78 Å². The molecule has 1 radical (unpaired) electrons. The van der Waals surface area contributed by atoms with Crippen molar-refractivity contribution in [2.75, 3.05) is 0 Å². The number of aliphatic hydroxyl groups excluding tert-OH is 1. The van der Waals surface area contributed by atoms with Gasteiger partial charge < -0.3 is 10.1 Å². The number of hydrogen-bond donors (Lipinski definition) is 1. The zero-order valence-electron chi connectivity index (χ0n) is 14.4. The summed E-state index contributed by atoms with van der Waals surface area (Å²) in [6, 6.07) is 10.3. The van der Waals surface area contributed by atoms with Gasteiger partial charge in [-0.2, -0.15) is 0 Å². The minimum absolute atomic E-state index is 0. The Balaban J connectivity index is 0.000000395. The molecule has 0 aliphatic carbocycles. The van der Waals surface area contributed by atoms with Gasteiger partial charge in [0.25, 0.3) is 0 Å². The van der Waals surface area contributed by atoms with Gasteiger partial charge in [-0.25, -0.2) is 13.2 Å². The maximum Gasteiger partial charge on any atom is 0.155 e. The minimum Gasteiger partial charge on any atom is -0.512 e. The summed E-state index contributed by atoms with van der Waals surface area (Å²) < 4.78 is 40.1. The molecule has 0 amide bonds. The summed E-state index contributed by atoms with van der Waals surface area (Å²) in [6.45, 7) is 2.85. The van der Waals surface area contributed by atoms with E-state index in [0.29, 0.717) is 16.5 Å². The van der Waals surface area contributed by atoms with Crippen LogP contribution < -0.4 is 0 Å². The predicted octanol–water partition coefficient (Wildman–Crippen LogP) is 5.15. The molecule has 1 heterocycles. The summed E-state index contributed by atoms with van der Waals surface area (Å²) in [6.07, 6.45) is 2.57. The van der Waals surface area contributed by atoms with Crippen LogP contribution in [0.2, 0.25) is 0 Å². The molecular formula is C20H15F3IrNO2-. The second-order valence-corrected chi connectivity index (χ2v) is 5.45. The molecular weight excluding hydrogens is 535 g/mol. The smallest absolute Gasteiger partial charge is 0.155 e. The predicted molar refractivity (Wildman–Crippen MR) is 93.0 cm³/mol. The first-order valence-electron chi connectivity index (χ1n) is 7.57. The number of carbonyl (C=O) groups is 1. The summed E-state index contributed by atoms with van der Waals surface area (Å²) in [5.41, 5.74) is 0.462. The maximum absolute atomic E-state index is 13.7. The number of aromatic nitrogens is 1. The van der Waals surface area contributed by atoms with Crippen molar-refractivity contribution in [2.45, 2.75) is 13.8 Å². The van der Waals surface area contributed by atoms with Gasteiger partial charge in [0.05, 0.1) is 5.76 Å². The molecule has 1 N–H and O–H groups in total. The van der Waals surface area contributed by atoms with Crippen LogP contribution in [0.5, 0.6) is 0 Å². The van der Waals surface area contributed by atoms with E-state index in [2.05, 4.69) is 11.1 Å². The quantitative estimate of drug-likeness (QED) is 0.273. The summed E-state index contributed by atoms with van der Waals surface area (Å²) >= 11 is 0. The summed E-state index contributed by atoms with van der Waals surface area (Å²) in [4.78, 5) is 14.1. The van der Waals surface area contributed by atoms with Gasteiger partial charge in [-0.15, -0.1) is 17.7 Å². The zero-order chi connectivity index (χ0) is 19.3. The van der Waals surface area contributed by atoms with Crippen molar-refractivity contribution in [3.63, 3.8) is 0 Å². The van der Waals surface area contributed by atoms with Gasteiger partial charge >= 0.3 is 0 Å². The molecule has 0 unspecified atom stereocenters. The largest absolute Gasteiger partial charge is 0.512 e. The molecule has 3 nitrogen and oxygen atoms in total. The first kappa shape index (κ1) is 22.5. The Hall–Kier alpha value is -2.50. The number of fused-ring (bicyclic) bond motifs is 1. The van der Waals surface area contributed by atoms with Gasteiger partial charge in [-0.1, -0.05) is 18.2 Å².